The molecule has 4 rings (SSSR count). The van der Waals surface area contributed by atoms with Crippen molar-refractivity contribution in [3.05, 3.63) is 60.7 Å². The summed E-state index contributed by atoms with van der Waals surface area (Å²) in [7, 11) is -33.6. The number of hydrogen-bond acceptors (Lipinski definition) is 18. The van der Waals surface area contributed by atoms with E-state index in [2.05, 4.69) is 0 Å². The second-order valence-electron chi connectivity index (χ2n) is 8.23. The second kappa shape index (κ2) is 21.6. The number of benzene rings is 4. The summed E-state index contributed by atoms with van der Waals surface area (Å²) in [5, 5.41) is -1.34. The summed E-state index contributed by atoms with van der Waals surface area (Å²) in [5.41, 5.74) is 0. The van der Waals surface area contributed by atoms with Gasteiger partial charge in [-0.25, -0.2) is 50.5 Å². The molecule has 30 heteroatoms. The molecule has 0 aromatic heterocycles. The summed E-state index contributed by atoms with van der Waals surface area (Å²) in [6.07, 6.45) is 0. The summed E-state index contributed by atoms with van der Waals surface area (Å²) in [5.74, 6) is 0. The predicted molar refractivity (Wildman–Crippen MR) is 136 cm³/mol. The fourth-order valence-electron chi connectivity index (χ4n) is 3.88. The van der Waals surface area contributed by atoms with Crippen LogP contribution in [0, 0.1) is 0 Å². The van der Waals surface area contributed by atoms with Crippen LogP contribution in [-0.4, -0.2) is 77.8 Å². The normalized spacial score (nSPS) is 11.8. The quantitative estimate of drug-likeness (QED) is 0.128. The van der Waals surface area contributed by atoms with Crippen LogP contribution in [0.15, 0.2) is 90.0 Å². The standard InChI is InChI=1S/2C10H8O9S3.6Na/c2*11-20(12,13)8-5-6-3-1-2-4-7(6)9(21(14,15)16)10(8)22(17,18)19;;;;;;/h2*1-5H,(H,11,12,13)(H,14,15,16)(H,17,18,19);;;;;;/q;;6*+1/p-6. The third kappa shape index (κ3) is 14.7. The minimum atomic E-state index is -5.73. The molecule has 0 saturated carbocycles. The van der Waals surface area contributed by atoms with Gasteiger partial charge in [-0.2, -0.15) is 0 Å². The van der Waals surface area contributed by atoms with Gasteiger partial charge in [0.25, 0.3) is 0 Å². The first kappa shape index (κ1) is 59.6. The van der Waals surface area contributed by atoms with Crippen LogP contribution in [0.5, 0.6) is 0 Å². The van der Waals surface area contributed by atoms with Gasteiger partial charge < -0.3 is 27.3 Å². The third-order valence-corrected chi connectivity index (χ3v) is 11.3. The zero-order valence-electron chi connectivity index (χ0n) is 26.6. The van der Waals surface area contributed by atoms with Crippen LogP contribution in [0.3, 0.4) is 0 Å². The maximum absolute atomic E-state index is 11.3. The third-order valence-electron chi connectivity index (χ3n) is 5.38. The average Bonchev–Trinajstić information content (AvgIpc) is 2.83. The van der Waals surface area contributed by atoms with Gasteiger partial charge in [0, 0.05) is 10.8 Å². The van der Waals surface area contributed by atoms with E-state index in [-0.39, 0.29) is 188 Å². The Labute approximate surface area is 419 Å². The van der Waals surface area contributed by atoms with E-state index in [4.69, 9.17) is 0 Å². The minimum absolute atomic E-state index is 0. The van der Waals surface area contributed by atoms with E-state index >= 15 is 0 Å². The first-order chi connectivity index (χ1) is 19.7. The van der Waals surface area contributed by atoms with Crippen molar-refractivity contribution in [1.29, 1.82) is 0 Å². The van der Waals surface area contributed by atoms with Crippen LogP contribution in [-0.2, 0) is 60.7 Å². The van der Waals surface area contributed by atoms with Crippen molar-refractivity contribution in [2.24, 2.45) is 0 Å². The monoisotopic (exact) mass is 868 g/mol. The zero-order valence-corrected chi connectivity index (χ0v) is 43.5. The van der Waals surface area contributed by atoms with E-state index in [9.17, 15) is 77.8 Å². The molecule has 0 N–H and O–H groups in total. The maximum Gasteiger partial charge on any atom is 1.00 e. The molecule has 0 spiro atoms. The molecule has 0 heterocycles. The van der Waals surface area contributed by atoms with Crippen molar-refractivity contribution < 1.29 is 255 Å². The Morgan fingerprint density at radius 3 is 0.740 bits per heavy atom. The molecule has 0 fully saturated rings. The SMILES string of the molecule is O=S(=O)([O-])c1cc2ccccc2c(S(=O)(=O)[O-])c1S(=O)(=O)[O-].O=S(=O)([O-])c1cc2ccccc2c(S(=O)(=O)[O-])c1S(=O)(=O)[O-].[Na+].[Na+].[Na+].[Na+].[Na+].[Na+]. The van der Waals surface area contributed by atoms with Gasteiger partial charge in [-0.05, 0) is 22.9 Å². The van der Waals surface area contributed by atoms with Gasteiger partial charge in [0.05, 0.1) is 29.4 Å². The predicted octanol–water partition coefficient (Wildman–Crippen LogP) is -18.9. The van der Waals surface area contributed by atoms with E-state index in [1.807, 2.05) is 0 Å². The summed E-state index contributed by atoms with van der Waals surface area (Å²) in [6, 6.07) is 10.5. The fourth-order valence-corrected chi connectivity index (χ4v) is 10.5. The summed E-state index contributed by atoms with van der Waals surface area (Å²) in [4.78, 5) is -9.94. The Bertz CT molecular complexity index is 2370. The van der Waals surface area contributed by atoms with E-state index in [1.165, 1.54) is 24.3 Å². The smallest absolute Gasteiger partial charge is 0.744 e. The Morgan fingerprint density at radius 1 is 0.320 bits per heavy atom. The molecule has 0 unspecified atom stereocenters. The maximum atomic E-state index is 11.3. The summed E-state index contributed by atoms with van der Waals surface area (Å²) in [6.45, 7) is 0. The van der Waals surface area contributed by atoms with Crippen molar-refractivity contribution in [2.45, 2.75) is 29.4 Å². The Morgan fingerprint density at radius 2 is 0.540 bits per heavy atom. The fraction of sp³-hybridized carbons (Fsp3) is 0. The molecule has 50 heavy (non-hydrogen) atoms. The molecule has 4 aromatic carbocycles. The number of hydrogen-bond donors (Lipinski definition) is 0. The molecule has 18 nitrogen and oxygen atoms in total. The first-order valence-electron chi connectivity index (χ1n) is 10.5. The number of rotatable bonds is 6. The van der Waals surface area contributed by atoms with Crippen molar-refractivity contribution in [3.63, 3.8) is 0 Å². The van der Waals surface area contributed by atoms with Crippen LogP contribution in [0.4, 0.5) is 0 Å². The molecule has 0 aliphatic rings. The van der Waals surface area contributed by atoms with Gasteiger partial charge in [-0.3, -0.25) is 0 Å². The topological polar surface area (TPSA) is 343 Å². The average molecular weight is 869 g/mol. The van der Waals surface area contributed by atoms with E-state index in [0.717, 1.165) is 24.3 Å². The molecule has 0 bridgehead atoms. The number of fused-ring (bicyclic) bond motifs is 2. The summed E-state index contributed by atoms with van der Waals surface area (Å²) < 4.78 is 203. The van der Waals surface area contributed by atoms with Gasteiger partial charge in [-0.15, -0.1) is 0 Å². The van der Waals surface area contributed by atoms with Crippen LogP contribution in [0.25, 0.3) is 21.5 Å². The van der Waals surface area contributed by atoms with Gasteiger partial charge in [0.15, 0.2) is 0 Å². The van der Waals surface area contributed by atoms with Crippen molar-refractivity contribution in [3.8, 4) is 0 Å². The molecule has 0 aliphatic heterocycles. The second-order valence-corrected chi connectivity index (χ2v) is 16.2. The Hall–Kier alpha value is 2.86. The van der Waals surface area contributed by atoms with Crippen molar-refractivity contribution in [2.75, 3.05) is 0 Å². The van der Waals surface area contributed by atoms with Crippen LogP contribution in [0.2, 0.25) is 0 Å². The Balaban J connectivity index is -0.000000378. The molecule has 4 aromatic rings. The van der Waals surface area contributed by atoms with Gasteiger partial charge in [-0.1, -0.05) is 48.5 Å². The molecule has 240 valence electrons. The van der Waals surface area contributed by atoms with Crippen LogP contribution < -0.4 is 177 Å². The molecule has 0 atom stereocenters. The van der Waals surface area contributed by atoms with Crippen LogP contribution >= 0.6 is 0 Å². The van der Waals surface area contributed by atoms with E-state index in [1.54, 1.807) is 0 Å². The molecule has 0 saturated heterocycles. The molecular formula is C20H10Na6O18S6. The molecule has 0 amide bonds. The van der Waals surface area contributed by atoms with E-state index < -0.39 is 101 Å². The summed E-state index contributed by atoms with van der Waals surface area (Å²) >= 11 is 0. The van der Waals surface area contributed by atoms with Gasteiger partial charge in [0.1, 0.15) is 60.7 Å². The van der Waals surface area contributed by atoms with Crippen LogP contribution in [0.1, 0.15) is 0 Å². The largest absolute Gasteiger partial charge is 1.00 e. The first-order valence-corrected chi connectivity index (χ1v) is 19.0. The molecule has 0 aliphatic carbocycles. The Kier molecular flexibility index (Phi) is 25.7. The molecular weight excluding hydrogens is 859 g/mol. The van der Waals surface area contributed by atoms with Crippen molar-refractivity contribution >= 4 is 82.3 Å². The van der Waals surface area contributed by atoms with Crippen molar-refractivity contribution in [1.82, 2.24) is 0 Å². The van der Waals surface area contributed by atoms with Gasteiger partial charge >= 0.3 is 177 Å². The minimum Gasteiger partial charge on any atom is -0.744 e. The zero-order chi connectivity index (χ0) is 33.8. The van der Waals surface area contributed by atoms with Gasteiger partial charge in [0.2, 0.25) is 0 Å². The van der Waals surface area contributed by atoms with E-state index in [0.29, 0.717) is 12.1 Å². The molecule has 0 radical (unpaired) electrons.